The second-order valence-electron chi connectivity index (χ2n) is 2.69. The molecule has 0 saturated carbocycles. The Kier molecular flexibility index (Phi) is 2.05. The van der Waals surface area contributed by atoms with E-state index in [4.69, 9.17) is 17.3 Å². The quantitative estimate of drug-likeness (QED) is 0.602. The van der Waals surface area contributed by atoms with E-state index in [1.165, 1.54) is 0 Å². The van der Waals surface area contributed by atoms with Crippen molar-refractivity contribution in [1.29, 1.82) is 0 Å². The lowest BCUT2D eigenvalue weighted by Gasteiger charge is -1.92. The highest BCUT2D eigenvalue weighted by atomic mass is 35.5. The second-order valence-corrected chi connectivity index (χ2v) is 4.13. The van der Waals surface area contributed by atoms with Crippen molar-refractivity contribution in [3.05, 3.63) is 33.3 Å². The van der Waals surface area contributed by atoms with Gasteiger partial charge in [-0.1, -0.05) is 29.0 Å². The van der Waals surface area contributed by atoms with Crippen molar-refractivity contribution in [3.63, 3.8) is 0 Å². The van der Waals surface area contributed by atoms with E-state index in [0.29, 0.717) is 10.4 Å². The van der Waals surface area contributed by atoms with Gasteiger partial charge in [0.05, 0.1) is 9.95 Å². The summed E-state index contributed by atoms with van der Waals surface area (Å²) in [6, 6.07) is 5.16. The van der Waals surface area contributed by atoms with Gasteiger partial charge in [-0.05, 0) is 12.1 Å². The molecule has 0 unspecified atom stereocenters. The summed E-state index contributed by atoms with van der Waals surface area (Å²) in [5, 5.41) is 11.6. The van der Waals surface area contributed by atoms with E-state index in [9.17, 15) is 10.1 Å². The van der Waals surface area contributed by atoms with E-state index in [1.54, 1.807) is 18.2 Å². The van der Waals surface area contributed by atoms with Gasteiger partial charge in [-0.2, -0.15) is 0 Å². The molecular formula is C8H5ClN2O2S. The Balaban J connectivity index is 2.87. The summed E-state index contributed by atoms with van der Waals surface area (Å²) in [5.41, 5.74) is 5.78. The lowest BCUT2D eigenvalue weighted by molar-refractivity contribution is -0.379. The third-order valence-corrected chi connectivity index (χ3v) is 3.29. The molecule has 6 heteroatoms. The fraction of sp³-hybridized carbons (Fsp3) is 0. The minimum atomic E-state index is -0.490. The molecule has 4 nitrogen and oxygen atoms in total. The van der Waals surface area contributed by atoms with Crippen molar-refractivity contribution >= 4 is 43.7 Å². The summed E-state index contributed by atoms with van der Waals surface area (Å²) in [7, 11) is 0. The van der Waals surface area contributed by atoms with Crippen LogP contribution >= 0.6 is 22.9 Å². The number of hydrogen-bond donors (Lipinski definition) is 1. The summed E-state index contributed by atoms with van der Waals surface area (Å²) >= 11 is 6.92. The van der Waals surface area contributed by atoms with Crippen molar-refractivity contribution in [2.24, 2.45) is 0 Å². The van der Waals surface area contributed by atoms with Gasteiger partial charge in [0.2, 0.25) is 0 Å². The number of nitrogens with zero attached hydrogens (tertiary/aromatic N) is 1. The van der Waals surface area contributed by atoms with Gasteiger partial charge in [-0.3, -0.25) is 10.1 Å². The largest absolute Gasteiger partial charge is 0.392 e. The van der Waals surface area contributed by atoms with Crippen molar-refractivity contribution in [2.75, 3.05) is 5.73 Å². The molecule has 1 aromatic heterocycles. The molecule has 0 atom stereocenters. The number of nitrogen functional groups attached to an aromatic ring is 1. The molecular weight excluding hydrogens is 224 g/mol. The van der Waals surface area contributed by atoms with Gasteiger partial charge < -0.3 is 5.73 Å². The Bertz CT molecular complexity index is 523. The smallest absolute Gasteiger partial charge is 0.348 e. The summed E-state index contributed by atoms with van der Waals surface area (Å²) in [4.78, 5) is 10.1. The summed E-state index contributed by atoms with van der Waals surface area (Å²) in [6.07, 6.45) is 0. The fourth-order valence-electron chi connectivity index (χ4n) is 1.25. The van der Waals surface area contributed by atoms with Gasteiger partial charge >= 0.3 is 5.00 Å². The molecule has 0 aliphatic carbocycles. The first-order valence-corrected chi connectivity index (χ1v) is 4.91. The number of thiophene rings is 1. The predicted molar refractivity (Wildman–Crippen MR) is 57.9 cm³/mol. The van der Waals surface area contributed by atoms with E-state index in [0.717, 1.165) is 16.0 Å². The molecule has 0 aliphatic heterocycles. The third-order valence-electron chi connectivity index (χ3n) is 1.85. The van der Waals surface area contributed by atoms with Crippen LogP contribution in [-0.4, -0.2) is 4.92 Å². The van der Waals surface area contributed by atoms with Crippen molar-refractivity contribution in [2.45, 2.75) is 0 Å². The molecule has 0 spiro atoms. The highest BCUT2D eigenvalue weighted by Gasteiger charge is 2.20. The molecule has 2 N–H and O–H groups in total. The van der Waals surface area contributed by atoms with E-state index in [2.05, 4.69) is 0 Å². The van der Waals surface area contributed by atoms with E-state index < -0.39 is 4.92 Å². The Labute approximate surface area is 88.0 Å². The monoisotopic (exact) mass is 228 g/mol. The van der Waals surface area contributed by atoms with Crippen molar-refractivity contribution < 1.29 is 4.92 Å². The highest BCUT2D eigenvalue weighted by Crippen LogP contribution is 2.42. The normalized spacial score (nSPS) is 10.6. The van der Waals surface area contributed by atoms with Crippen LogP contribution < -0.4 is 5.73 Å². The van der Waals surface area contributed by atoms with Crippen LogP contribution in [0.1, 0.15) is 0 Å². The molecule has 1 heterocycles. The summed E-state index contributed by atoms with van der Waals surface area (Å²) < 4.78 is 0.738. The topological polar surface area (TPSA) is 69.2 Å². The predicted octanol–water partition coefficient (Wildman–Crippen LogP) is 3.05. The average Bonchev–Trinajstić information content (AvgIpc) is 2.45. The van der Waals surface area contributed by atoms with Gasteiger partial charge in [-0.15, -0.1) is 0 Å². The van der Waals surface area contributed by atoms with E-state index in [-0.39, 0.29) is 10.7 Å². The van der Waals surface area contributed by atoms with Crippen LogP contribution in [0.3, 0.4) is 0 Å². The number of nitro groups is 1. The van der Waals surface area contributed by atoms with Gasteiger partial charge in [0.15, 0.2) is 0 Å². The van der Waals surface area contributed by atoms with Crippen LogP contribution in [0, 0.1) is 10.1 Å². The maximum absolute atomic E-state index is 10.6. The standard InChI is InChI=1S/C8H5ClN2O2S/c9-4-2-1-3-5-6(4)7(10)8(14-5)11(12)13/h1-3H,10H2. The maximum atomic E-state index is 10.6. The molecule has 14 heavy (non-hydrogen) atoms. The molecule has 72 valence electrons. The number of nitrogens with two attached hydrogens (primary N) is 1. The molecule has 0 fully saturated rings. The molecule has 0 saturated heterocycles. The fourth-order valence-corrected chi connectivity index (χ4v) is 2.55. The third kappa shape index (κ3) is 1.21. The number of hydrogen-bond acceptors (Lipinski definition) is 4. The van der Waals surface area contributed by atoms with Crippen LogP contribution in [0.2, 0.25) is 5.02 Å². The van der Waals surface area contributed by atoms with Crippen molar-refractivity contribution in [1.82, 2.24) is 0 Å². The Morgan fingerprint density at radius 2 is 2.21 bits per heavy atom. The molecule has 0 amide bonds. The lowest BCUT2D eigenvalue weighted by atomic mass is 10.2. The number of rotatable bonds is 1. The first kappa shape index (κ1) is 9.23. The van der Waals surface area contributed by atoms with Crippen LogP contribution in [0.25, 0.3) is 10.1 Å². The average molecular weight is 229 g/mol. The van der Waals surface area contributed by atoms with E-state index >= 15 is 0 Å². The Morgan fingerprint density at radius 3 is 2.79 bits per heavy atom. The number of halogens is 1. The minimum Gasteiger partial charge on any atom is -0.392 e. The number of anilines is 1. The van der Waals surface area contributed by atoms with Crippen LogP contribution in [0.4, 0.5) is 10.7 Å². The van der Waals surface area contributed by atoms with Crippen LogP contribution in [-0.2, 0) is 0 Å². The minimum absolute atomic E-state index is 0.0481. The highest BCUT2D eigenvalue weighted by molar-refractivity contribution is 7.23. The molecule has 0 radical (unpaired) electrons. The number of fused-ring (bicyclic) bond motifs is 1. The summed E-state index contributed by atoms with van der Waals surface area (Å²) in [6.45, 7) is 0. The molecule has 2 aromatic rings. The van der Waals surface area contributed by atoms with Gasteiger partial charge in [0.25, 0.3) is 0 Å². The Hall–Kier alpha value is -1.33. The Morgan fingerprint density at radius 1 is 1.50 bits per heavy atom. The second kappa shape index (κ2) is 3.11. The van der Waals surface area contributed by atoms with E-state index in [1.807, 2.05) is 0 Å². The zero-order valence-electron chi connectivity index (χ0n) is 6.86. The summed E-state index contributed by atoms with van der Waals surface area (Å²) in [5.74, 6) is 0. The van der Waals surface area contributed by atoms with Crippen LogP contribution in [0.15, 0.2) is 18.2 Å². The maximum Gasteiger partial charge on any atom is 0.348 e. The zero-order valence-corrected chi connectivity index (χ0v) is 8.43. The number of benzene rings is 1. The SMILES string of the molecule is Nc1c([N+](=O)[O-])sc2cccc(Cl)c12. The first-order chi connectivity index (χ1) is 6.61. The van der Waals surface area contributed by atoms with Crippen LogP contribution in [0.5, 0.6) is 0 Å². The molecule has 2 rings (SSSR count). The lowest BCUT2D eigenvalue weighted by Crippen LogP contribution is -1.90. The van der Waals surface area contributed by atoms with Gasteiger partial charge in [-0.25, -0.2) is 0 Å². The van der Waals surface area contributed by atoms with Gasteiger partial charge in [0.1, 0.15) is 5.69 Å². The molecule has 1 aromatic carbocycles. The molecule has 0 aliphatic rings. The first-order valence-electron chi connectivity index (χ1n) is 3.72. The zero-order chi connectivity index (χ0) is 10.3. The van der Waals surface area contributed by atoms with Crippen molar-refractivity contribution in [3.8, 4) is 0 Å². The van der Waals surface area contributed by atoms with Gasteiger partial charge in [0, 0.05) is 10.1 Å². The molecule has 0 bridgehead atoms.